The average Bonchev–Trinajstić information content (AvgIpc) is 3.20. The van der Waals surface area contributed by atoms with Crippen LogP contribution in [0.3, 0.4) is 0 Å². The maximum absolute atomic E-state index is 12.4. The van der Waals surface area contributed by atoms with Gasteiger partial charge in [0.2, 0.25) is 0 Å². The van der Waals surface area contributed by atoms with Gasteiger partial charge in [0.25, 0.3) is 15.9 Å². The molecule has 0 radical (unpaired) electrons. The van der Waals surface area contributed by atoms with Crippen molar-refractivity contribution in [2.75, 3.05) is 10.0 Å². The van der Waals surface area contributed by atoms with Gasteiger partial charge >= 0.3 is 0 Å². The number of rotatable bonds is 5. The molecule has 0 atom stereocenters. The highest BCUT2D eigenvalue weighted by atomic mass is 32.2. The fraction of sp³-hybridized carbons (Fsp3) is 0.0625. The molecule has 0 bridgehead atoms. The summed E-state index contributed by atoms with van der Waals surface area (Å²) in [6, 6.07) is 11.8. The molecule has 24 heavy (non-hydrogen) atoms. The van der Waals surface area contributed by atoms with Crippen LogP contribution in [0.1, 0.15) is 15.2 Å². The summed E-state index contributed by atoms with van der Waals surface area (Å²) in [6.45, 7) is 1.86. The first-order chi connectivity index (χ1) is 11.5. The number of thiophene rings is 2. The number of sulfonamides is 1. The van der Waals surface area contributed by atoms with Gasteiger partial charge in [0.05, 0.1) is 16.3 Å². The zero-order valence-corrected chi connectivity index (χ0v) is 15.1. The molecule has 0 aliphatic carbocycles. The number of benzene rings is 1. The average molecular weight is 379 g/mol. The fourth-order valence-corrected chi connectivity index (χ4v) is 4.97. The van der Waals surface area contributed by atoms with Gasteiger partial charge in [-0.15, -0.1) is 22.7 Å². The van der Waals surface area contributed by atoms with E-state index in [2.05, 4.69) is 10.0 Å². The highest BCUT2D eigenvalue weighted by Gasteiger charge is 2.18. The summed E-state index contributed by atoms with van der Waals surface area (Å²) in [5.74, 6) is -0.259. The molecule has 1 aromatic carbocycles. The van der Waals surface area contributed by atoms with Crippen molar-refractivity contribution in [3.05, 3.63) is 63.7 Å². The van der Waals surface area contributed by atoms with Crippen LogP contribution in [0.5, 0.6) is 0 Å². The summed E-state index contributed by atoms with van der Waals surface area (Å²) in [6.07, 6.45) is 0. The lowest BCUT2D eigenvalue weighted by molar-refractivity contribution is 0.103. The van der Waals surface area contributed by atoms with E-state index in [1.165, 1.54) is 17.4 Å². The van der Waals surface area contributed by atoms with Crippen LogP contribution in [0.25, 0.3) is 0 Å². The molecule has 0 saturated carbocycles. The third-order valence-electron chi connectivity index (χ3n) is 3.25. The zero-order valence-electron chi connectivity index (χ0n) is 12.6. The van der Waals surface area contributed by atoms with E-state index in [-0.39, 0.29) is 10.1 Å². The third-order valence-corrected chi connectivity index (χ3v) is 7.03. The molecule has 0 aliphatic heterocycles. The first-order valence-electron chi connectivity index (χ1n) is 6.98. The van der Waals surface area contributed by atoms with Crippen LogP contribution in [0.2, 0.25) is 0 Å². The van der Waals surface area contributed by atoms with E-state index in [1.54, 1.807) is 35.7 Å². The highest BCUT2D eigenvalue weighted by molar-refractivity contribution is 7.94. The lowest BCUT2D eigenvalue weighted by atomic mass is 10.2. The number of para-hydroxylation sites is 2. The monoisotopic (exact) mass is 378 g/mol. The van der Waals surface area contributed by atoms with E-state index in [0.29, 0.717) is 16.3 Å². The first-order valence-corrected chi connectivity index (χ1v) is 10.2. The maximum Gasteiger partial charge on any atom is 0.271 e. The van der Waals surface area contributed by atoms with Crippen molar-refractivity contribution in [1.82, 2.24) is 0 Å². The Kier molecular flexibility index (Phi) is 4.70. The van der Waals surface area contributed by atoms with Crippen molar-refractivity contribution < 1.29 is 13.2 Å². The van der Waals surface area contributed by atoms with Crippen molar-refractivity contribution in [1.29, 1.82) is 0 Å². The zero-order chi connectivity index (χ0) is 17.2. The molecule has 124 valence electrons. The molecule has 3 aromatic rings. The number of carbonyl (C=O) groups is 1. The Balaban J connectivity index is 1.86. The van der Waals surface area contributed by atoms with E-state index in [0.717, 1.165) is 16.9 Å². The van der Waals surface area contributed by atoms with E-state index in [1.807, 2.05) is 18.4 Å². The number of hydrogen-bond donors (Lipinski definition) is 2. The quantitative estimate of drug-likeness (QED) is 0.700. The second-order valence-corrected chi connectivity index (χ2v) is 8.74. The molecule has 2 heterocycles. The van der Waals surface area contributed by atoms with Gasteiger partial charge in [-0.25, -0.2) is 8.42 Å². The molecule has 0 saturated heterocycles. The van der Waals surface area contributed by atoms with Gasteiger partial charge < -0.3 is 5.32 Å². The Bertz CT molecular complexity index is 960. The molecule has 8 heteroatoms. The summed E-state index contributed by atoms with van der Waals surface area (Å²) in [5.41, 5.74) is 1.62. The minimum absolute atomic E-state index is 0.220. The summed E-state index contributed by atoms with van der Waals surface area (Å²) < 4.78 is 27.5. The highest BCUT2D eigenvalue weighted by Crippen LogP contribution is 2.27. The fourth-order valence-electron chi connectivity index (χ4n) is 2.08. The van der Waals surface area contributed by atoms with Gasteiger partial charge in [-0.05, 0) is 47.5 Å². The topological polar surface area (TPSA) is 75.3 Å². The molecule has 5 nitrogen and oxygen atoms in total. The molecule has 0 aliphatic rings. The lowest BCUT2D eigenvalue weighted by Crippen LogP contribution is -2.16. The predicted octanol–water partition coefficient (Wildman–Crippen LogP) is 4.17. The number of aryl methyl sites for hydroxylation is 1. The normalized spacial score (nSPS) is 11.2. The predicted molar refractivity (Wildman–Crippen MR) is 98.6 cm³/mol. The number of anilines is 2. The number of amides is 1. The minimum Gasteiger partial charge on any atom is -0.319 e. The van der Waals surface area contributed by atoms with Gasteiger partial charge in [0.15, 0.2) is 0 Å². The molecular formula is C16H14N2O3S3. The van der Waals surface area contributed by atoms with Crippen LogP contribution in [-0.2, 0) is 10.0 Å². The van der Waals surface area contributed by atoms with Crippen LogP contribution in [0.15, 0.2) is 57.4 Å². The summed E-state index contributed by atoms with van der Waals surface area (Å²) >= 11 is 2.48. The van der Waals surface area contributed by atoms with E-state index < -0.39 is 10.0 Å². The van der Waals surface area contributed by atoms with Gasteiger partial charge in [0.1, 0.15) is 4.21 Å². The summed E-state index contributed by atoms with van der Waals surface area (Å²) in [5, 5.41) is 6.31. The number of nitrogens with one attached hydrogen (secondary N) is 2. The Morgan fingerprint density at radius 1 is 0.958 bits per heavy atom. The Morgan fingerprint density at radius 2 is 1.71 bits per heavy atom. The van der Waals surface area contributed by atoms with Gasteiger partial charge in [-0.2, -0.15) is 0 Å². The van der Waals surface area contributed by atoms with E-state index in [4.69, 9.17) is 0 Å². The third kappa shape index (κ3) is 3.50. The van der Waals surface area contributed by atoms with Crippen molar-refractivity contribution in [3.8, 4) is 0 Å². The second-order valence-electron chi connectivity index (χ2n) is 4.97. The van der Waals surface area contributed by atoms with Crippen molar-refractivity contribution in [2.24, 2.45) is 0 Å². The Hall–Kier alpha value is -2.16. The molecule has 3 rings (SSSR count). The SMILES string of the molecule is Cc1ccsc1C(=O)Nc1ccccc1NS(=O)(=O)c1cccs1. The molecule has 2 aromatic heterocycles. The summed E-state index contributed by atoms with van der Waals surface area (Å²) in [4.78, 5) is 13.0. The second kappa shape index (κ2) is 6.76. The van der Waals surface area contributed by atoms with Gasteiger partial charge in [-0.1, -0.05) is 18.2 Å². The van der Waals surface area contributed by atoms with E-state index >= 15 is 0 Å². The van der Waals surface area contributed by atoms with Crippen molar-refractivity contribution >= 4 is 50.0 Å². The maximum atomic E-state index is 12.4. The van der Waals surface area contributed by atoms with Gasteiger partial charge in [0, 0.05) is 0 Å². The van der Waals surface area contributed by atoms with Crippen molar-refractivity contribution in [3.63, 3.8) is 0 Å². The molecule has 0 fully saturated rings. The standard InChI is InChI=1S/C16H14N2O3S3/c1-11-8-10-23-15(11)16(19)17-12-5-2-3-6-13(12)18-24(20,21)14-7-4-9-22-14/h2-10,18H,1H3,(H,17,19). The molecular weight excluding hydrogens is 364 g/mol. The number of carbonyl (C=O) groups excluding carboxylic acids is 1. The van der Waals surface area contributed by atoms with Gasteiger partial charge in [-0.3, -0.25) is 9.52 Å². The molecule has 1 amide bonds. The van der Waals surface area contributed by atoms with E-state index in [9.17, 15) is 13.2 Å². The van der Waals surface area contributed by atoms with Crippen LogP contribution in [-0.4, -0.2) is 14.3 Å². The van der Waals surface area contributed by atoms with Crippen LogP contribution in [0, 0.1) is 6.92 Å². The van der Waals surface area contributed by atoms with Crippen molar-refractivity contribution in [2.45, 2.75) is 11.1 Å². The lowest BCUT2D eigenvalue weighted by Gasteiger charge is -2.12. The Morgan fingerprint density at radius 3 is 2.33 bits per heavy atom. The first kappa shape index (κ1) is 16.7. The minimum atomic E-state index is -3.67. The molecule has 0 spiro atoms. The summed E-state index contributed by atoms with van der Waals surface area (Å²) in [7, 11) is -3.67. The van der Waals surface area contributed by atoms with Crippen LogP contribution in [0.4, 0.5) is 11.4 Å². The number of hydrogen-bond acceptors (Lipinski definition) is 5. The van der Waals surface area contributed by atoms with Crippen LogP contribution < -0.4 is 10.0 Å². The Labute approximate surface area is 148 Å². The smallest absolute Gasteiger partial charge is 0.271 e. The largest absolute Gasteiger partial charge is 0.319 e. The molecule has 0 unspecified atom stereocenters. The molecule has 2 N–H and O–H groups in total. The van der Waals surface area contributed by atoms with Crippen LogP contribution >= 0.6 is 22.7 Å².